The van der Waals surface area contributed by atoms with E-state index < -0.39 is 0 Å². The van der Waals surface area contributed by atoms with Gasteiger partial charge in [0.15, 0.2) is 5.78 Å². The van der Waals surface area contributed by atoms with Gasteiger partial charge in [-0.3, -0.25) is 4.79 Å². The van der Waals surface area contributed by atoms with E-state index in [1.54, 1.807) is 0 Å². The summed E-state index contributed by atoms with van der Waals surface area (Å²) >= 11 is 0. The molecule has 1 aromatic heterocycles. The van der Waals surface area contributed by atoms with Crippen LogP contribution in [-0.2, 0) is 0 Å². The van der Waals surface area contributed by atoms with Crippen LogP contribution in [0.15, 0.2) is 85.1 Å². The van der Waals surface area contributed by atoms with Crippen molar-refractivity contribution in [2.75, 3.05) is 0 Å². The molecule has 0 saturated carbocycles. The van der Waals surface area contributed by atoms with E-state index in [0.29, 0.717) is 6.42 Å². The predicted molar refractivity (Wildman–Crippen MR) is 107 cm³/mol. The molecule has 26 heavy (non-hydrogen) atoms. The number of fused-ring (bicyclic) bond motifs is 1. The van der Waals surface area contributed by atoms with E-state index in [-0.39, 0.29) is 11.7 Å². The van der Waals surface area contributed by atoms with Crippen molar-refractivity contribution in [3.63, 3.8) is 0 Å². The van der Waals surface area contributed by atoms with Gasteiger partial charge < -0.3 is 4.98 Å². The van der Waals surface area contributed by atoms with E-state index in [4.69, 9.17) is 0 Å². The van der Waals surface area contributed by atoms with Crippen LogP contribution in [-0.4, -0.2) is 10.8 Å². The Morgan fingerprint density at radius 1 is 0.923 bits per heavy atom. The molecule has 1 unspecified atom stereocenters. The molecule has 1 N–H and O–H groups in total. The number of aromatic amines is 1. The Kier molecular flexibility index (Phi) is 4.40. The van der Waals surface area contributed by atoms with Gasteiger partial charge in [-0.15, -0.1) is 0 Å². The topological polar surface area (TPSA) is 32.9 Å². The second-order valence-electron chi connectivity index (χ2n) is 6.75. The van der Waals surface area contributed by atoms with Gasteiger partial charge in [0, 0.05) is 35.0 Å². The molecule has 1 heterocycles. The molecule has 0 bridgehead atoms. The number of nitrogens with one attached hydrogen (secondary N) is 1. The number of ketones is 1. The van der Waals surface area contributed by atoms with Crippen LogP contribution in [0.2, 0.25) is 0 Å². The number of aryl methyl sites for hydroxylation is 1. The molecule has 0 fully saturated rings. The van der Waals surface area contributed by atoms with E-state index in [1.165, 1.54) is 22.1 Å². The van der Waals surface area contributed by atoms with Gasteiger partial charge in [-0.25, -0.2) is 0 Å². The summed E-state index contributed by atoms with van der Waals surface area (Å²) in [7, 11) is 0. The summed E-state index contributed by atoms with van der Waals surface area (Å²) in [5.41, 5.74) is 5.44. The highest BCUT2D eigenvalue weighted by molar-refractivity contribution is 5.97. The van der Waals surface area contributed by atoms with Gasteiger partial charge >= 0.3 is 0 Å². The monoisotopic (exact) mass is 339 g/mol. The largest absolute Gasteiger partial charge is 0.361 e. The Labute approximate surface area is 153 Å². The lowest BCUT2D eigenvalue weighted by atomic mass is 9.85. The van der Waals surface area contributed by atoms with Gasteiger partial charge in [-0.1, -0.05) is 78.4 Å². The van der Waals surface area contributed by atoms with Crippen molar-refractivity contribution in [1.29, 1.82) is 0 Å². The van der Waals surface area contributed by atoms with Crippen molar-refractivity contribution in [2.45, 2.75) is 19.3 Å². The molecule has 128 valence electrons. The molecule has 0 aliphatic rings. The molecule has 2 heteroatoms. The zero-order valence-corrected chi connectivity index (χ0v) is 14.8. The molecule has 2 nitrogen and oxygen atoms in total. The molecule has 0 amide bonds. The van der Waals surface area contributed by atoms with E-state index in [1.807, 2.05) is 42.5 Å². The van der Waals surface area contributed by atoms with Crippen molar-refractivity contribution in [3.05, 3.63) is 107 Å². The molecular formula is C24H21NO. The number of rotatable bonds is 5. The average Bonchev–Trinajstić information content (AvgIpc) is 3.10. The standard InChI is InChI=1S/C24H21NO/c1-17-8-7-11-19(14-17)21(15-24(26)18-9-3-2-4-10-18)22-16-25-23-13-6-5-12-20(22)23/h2-14,16,21,25H,15H2,1H3. The molecular weight excluding hydrogens is 318 g/mol. The maximum Gasteiger partial charge on any atom is 0.163 e. The van der Waals surface area contributed by atoms with Gasteiger partial charge in [0.05, 0.1) is 0 Å². The summed E-state index contributed by atoms with van der Waals surface area (Å²) in [6, 6.07) is 26.3. The molecule has 4 rings (SSSR count). The van der Waals surface area contributed by atoms with Crippen LogP contribution in [0.3, 0.4) is 0 Å². The molecule has 0 spiro atoms. The maximum atomic E-state index is 12.9. The number of hydrogen-bond acceptors (Lipinski definition) is 1. The number of benzene rings is 3. The van der Waals surface area contributed by atoms with Crippen LogP contribution >= 0.6 is 0 Å². The highest BCUT2D eigenvalue weighted by Crippen LogP contribution is 2.34. The average molecular weight is 339 g/mol. The van der Waals surface area contributed by atoms with Crippen molar-refractivity contribution < 1.29 is 4.79 Å². The minimum atomic E-state index is 0.0266. The number of hydrogen-bond donors (Lipinski definition) is 1. The Hall–Kier alpha value is -3.13. The molecule has 0 saturated heterocycles. The summed E-state index contributed by atoms with van der Waals surface area (Å²) in [4.78, 5) is 16.3. The predicted octanol–water partition coefficient (Wildman–Crippen LogP) is 5.88. The van der Waals surface area contributed by atoms with Crippen LogP contribution in [0.5, 0.6) is 0 Å². The lowest BCUT2D eigenvalue weighted by Crippen LogP contribution is -2.09. The fourth-order valence-corrected chi connectivity index (χ4v) is 3.60. The zero-order valence-electron chi connectivity index (χ0n) is 14.8. The normalized spacial score (nSPS) is 12.2. The number of H-pyrrole nitrogens is 1. The molecule has 0 aliphatic heterocycles. The first-order valence-corrected chi connectivity index (χ1v) is 8.93. The minimum Gasteiger partial charge on any atom is -0.361 e. The fourth-order valence-electron chi connectivity index (χ4n) is 3.60. The first-order valence-electron chi connectivity index (χ1n) is 8.93. The van der Waals surface area contributed by atoms with Gasteiger partial charge in [0.2, 0.25) is 0 Å². The number of carbonyl (C=O) groups excluding carboxylic acids is 1. The summed E-state index contributed by atoms with van der Waals surface area (Å²) in [6.45, 7) is 2.09. The SMILES string of the molecule is Cc1cccc(C(CC(=O)c2ccccc2)c2c[nH]c3ccccc23)c1. The van der Waals surface area contributed by atoms with Crippen LogP contribution in [0.25, 0.3) is 10.9 Å². The third kappa shape index (κ3) is 3.18. The van der Waals surface area contributed by atoms with Crippen molar-refractivity contribution in [3.8, 4) is 0 Å². The van der Waals surface area contributed by atoms with Gasteiger partial charge in [-0.2, -0.15) is 0 Å². The number of Topliss-reactive ketones (excluding diaryl/α,β-unsaturated/α-hetero) is 1. The lowest BCUT2D eigenvalue weighted by molar-refractivity contribution is 0.0978. The Morgan fingerprint density at radius 3 is 2.50 bits per heavy atom. The van der Waals surface area contributed by atoms with Crippen LogP contribution in [0.1, 0.15) is 39.4 Å². The summed E-state index contributed by atoms with van der Waals surface area (Å²) in [6.07, 6.45) is 2.51. The Morgan fingerprint density at radius 2 is 1.69 bits per heavy atom. The second kappa shape index (κ2) is 7.01. The summed E-state index contributed by atoms with van der Waals surface area (Å²) < 4.78 is 0. The second-order valence-corrected chi connectivity index (χ2v) is 6.75. The van der Waals surface area contributed by atoms with E-state index in [0.717, 1.165) is 11.1 Å². The van der Waals surface area contributed by atoms with Gasteiger partial charge in [-0.05, 0) is 24.1 Å². The third-order valence-corrected chi connectivity index (χ3v) is 4.93. The van der Waals surface area contributed by atoms with Crippen LogP contribution in [0.4, 0.5) is 0 Å². The Balaban J connectivity index is 1.78. The van der Waals surface area contributed by atoms with Crippen LogP contribution in [0, 0.1) is 6.92 Å². The lowest BCUT2D eigenvalue weighted by Gasteiger charge is -2.17. The minimum absolute atomic E-state index is 0.0266. The van der Waals surface area contributed by atoms with Crippen LogP contribution < -0.4 is 0 Å². The number of para-hydroxylation sites is 1. The summed E-state index contributed by atoms with van der Waals surface area (Å²) in [5.74, 6) is 0.196. The number of aromatic nitrogens is 1. The summed E-state index contributed by atoms with van der Waals surface area (Å²) in [5, 5.41) is 1.18. The number of carbonyl (C=O) groups is 1. The molecule has 4 aromatic rings. The van der Waals surface area contributed by atoms with E-state index in [9.17, 15) is 4.79 Å². The smallest absolute Gasteiger partial charge is 0.163 e. The quantitative estimate of drug-likeness (QED) is 0.452. The molecule has 0 aliphatic carbocycles. The fraction of sp³-hybridized carbons (Fsp3) is 0.125. The highest BCUT2D eigenvalue weighted by Gasteiger charge is 2.22. The first kappa shape index (κ1) is 16.3. The van der Waals surface area contributed by atoms with Crippen molar-refractivity contribution >= 4 is 16.7 Å². The molecule has 3 aromatic carbocycles. The molecule has 0 radical (unpaired) electrons. The van der Waals surface area contributed by atoms with Crippen molar-refractivity contribution in [2.24, 2.45) is 0 Å². The van der Waals surface area contributed by atoms with Crippen molar-refractivity contribution in [1.82, 2.24) is 4.98 Å². The van der Waals surface area contributed by atoms with E-state index >= 15 is 0 Å². The van der Waals surface area contributed by atoms with E-state index in [2.05, 4.69) is 54.5 Å². The van der Waals surface area contributed by atoms with Gasteiger partial charge in [0.1, 0.15) is 0 Å². The zero-order chi connectivity index (χ0) is 17.9. The maximum absolute atomic E-state index is 12.9. The first-order chi connectivity index (χ1) is 12.7. The highest BCUT2D eigenvalue weighted by atomic mass is 16.1. The molecule has 1 atom stereocenters. The Bertz CT molecular complexity index is 1050. The third-order valence-electron chi connectivity index (χ3n) is 4.93. The van der Waals surface area contributed by atoms with Gasteiger partial charge in [0.25, 0.3) is 0 Å².